The smallest absolute Gasteiger partial charge is 0.279 e. The maximum atomic E-state index is 12.8. The van der Waals surface area contributed by atoms with Gasteiger partial charge in [-0.1, -0.05) is 60.2 Å². The molecule has 2 N–H and O–H groups in total. The lowest BCUT2D eigenvalue weighted by Crippen LogP contribution is -2.48. The van der Waals surface area contributed by atoms with Gasteiger partial charge in [0.15, 0.2) is 6.10 Å². The molecule has 0 fully saturated rings. The van der Waals surface area contributed by atoms with E-state index in [1.165, 1.54) is 10.6 Å². The number of carbonyl (C=O) groups is 2. The number of benzene rings is 3. The van der Waals surface area contributed by atoms with Crippen molar-refractivity contribution in [3.05, 3.63) is 112 Å². The topological polar surface area (TPSA) is 89.4 Å². The first kappa shape index (κ1) is 22.8. The van der Waals surface area contributed by atoms with Gasteiger partial charge in [0.25, 0.3) is 17.4 Å². The Morgan fingerprint density at radius 1 is 0.912 bits per heavy atom. The Labute approximate surface area is 197 Å². The second-order valence-electron chi connectivity index (χ2n) is 8.06. The maximum absolute atomic E-state index is 12.8. The van der Waals surface area contributed by atoms with Crippen LogP contribution in [0.3, 0.4) is 0 Å². The predicted octanol–water partition coefficient (Wildman–Crippen LogP) is 3.59. The Morgan fingerprint density at radius 3 is 2.50 bits per heavy atom. The van der Waals surface area contributed by atoms with Crippen molar-refractivity contribution in [2.45, 2.75) is 26.5 Å². The number of rotatable bonds is 6. The van der Waals surface area contributed by atoms with Gasteiger partial charge in [0.2, 0.25) is 0 Å². The molecule has 172 valence electrons. The number of hydrazine groups is 1. The zero-order valence-corrected chi connectivity index (χ0v) is 18.9. The minimum atomic E-state index is -0.866. The first-order chi connectivity index (χ1) is 16.4. The number of hydrogen-bond donors (Lipinski definition) is 2. The van der Waals surface area contributed by atoms with Gasteiger partial charge in [-0.05, 0) is 54.4 Å². The standard InChI is InChI=1S/C27H25N3O4/c1-18-7-5-8-20(15-18)17-30-14-6-11-24(27(30)33)26(32)29-28-25(31)19(2)34-23-13-12-21-9-3-4-10-22(21)16-23/h3-16,19H,17H2,1-2H3,(H,28,31)(H,29,32). The molecule has 34 heavy (non-hydrogen) atoms. The molecule has 3 aromatic carbocycles. The quantitative estimate of drug-likeness (QED) is 0.435. The fourth-order valence-corrected chi connectivity index (χ4v) is 3.63. The summed E-state index contributed by atoms with van der Waals surface area (Å²) in [6, 6.07) is 24.2. The number of ether oxygens (including phenoxy) is 1. The minimum absolute atomic E-state index is 0.0708. The van der Waals surface area contributed by atoms with Gasteiger partial charge < -0.3 is 9.30 Å². The zero-order valence-electron chi connectivity index (χ0n) is 18.9. The van der Waals surface area contributed by atoms with Crippen LogP contribution in [0.4, 0.5) is 0 Å². The van der Waals surface area contributed by atoms with Crippen molar-refractivity contribution >= 4 is 22.6 Å². The lowest BCUT2D eigenvalue weighted by molar-refractivity contribution is -0.128. The highest BCUT2D eigenvalue weighted by atomic mass is 16.5. The molecule has 0 saturated carbocycles. The van der Waals surface area contributed by atoms with E-state index in [-0.39, 0.29) is 5.56 Å². The molecule has 0 aliphatic heterocycles. The van der Waals surface area contributed by atoms with Crippen LogP contribution in [0.5, 0.6) is 5.75 Å². The molecular formula is C27H25N3O4. The highest BCUT2D eigenvalue weighted by molar-refractivity contribution is 5.95. The fourth-order valence-electron chi connectivity index (χ4n) is 3.63. The number of amides is 2. The number of pyridine rings is 1. The van der Waals surface area contributed by atoms with Gasteiger partial charge in [0, 0.05) is 6.20 Å². The molecule has 0 bridgehead atoms. The fraction of sp³-hybridized carbons (Fsp3) is 0.148. The molecule has 0 saturated heterocycles. The summed E-state index contributed by atoms with van der Waals surface area (Å²) in [7, 11) is 0. The third kappa shape index (κ3) is 5.32. The van der Waals surface area contributed by atoms with Crippen LogP contribution in [0.25, 0.3) is 10.8 Å². The average Bonchev–Trinajstić information content (AvgIpc) is 2.83. The molecule has 0 aliphatic rings. The van der Waals surface area contributed by atoms with Crippen LogP contribution in [0, 0.1) is 6.92 Å². The van der Waals surface area contributed by atoms with Gasteiger partial charge in [0.05, 0.1) is 6.54 Å². The molecule has 1 atom stereocenters. The number of nitrogens with one attached hydrogen (secondary N) is 2. The van der Waals surface area contributed by atoms with Crippen molar-refractivity contribution in [1.29, 1.82) is 0 Å². The summed E-state index contributed by atoms with van der Waals surface area (Å²) in [6.07, 6.45) is 0.759. The Balaban J connectivity index is 1.37. The van der Waals surface area contributed by atoms with Gasteiger partial charge in [-0.2, -0.15) is 0 Å². The number of aryl methyl sites for hydroxylation is 1. The SMILES string of the molecule is Cc1cccc(Cn2cccc(C(=O)NNC(=O)C(C)Oc3ccc4ccccc4c3)c2=O)c1. The molecule has 7 heteroatoms. The van der Waals surface area contributed by atoms with Crippen LogP contribution >= 0.6 is 0 Å². The van der Waals surface area contributed by atoms with Crippen LogP contribution in [0.15, 0.2) is 89.9 Å². The number of fused-ring (bicyclic) bond motifs is 1. The first-order valence-corrected chi connectivity index (χ1v) is 10.9. The molecule has 1 unspecified atom stereocenters. The van der Waals surface area contributed by atoms with Gasteiger partial charge >= 0.3 is 0 Å². The van der Waals surface area contributed by atoms with E-state index in [4.69, 9.17) is 4.74 Å². The number of carbonyl (C=O) groups excluding carboxylic acids is 2. The number of hydrogen-bond acceptors (Lipinski definition) is 4. The largest absolute Gasteiger partial charge is 0.481 e. The first-order valence-electron chi connectivity index (χ1n) is 10.9. The summed E-state index contributed by atoms with van der Waals surface area (Å²) >= 11 is 0. The van der Waals surface area contributed by atoms with Crippen LogP contribution in [0.1, 0.15) is 28.4 Å². The molecule has 0 aliphatic carbocycles. The Bertz CT molecular complexity index is 1410. The van der Waals surface area contributed by atoms with Gasteiger partial charge in [-0.15, -0.1) is 0 Å². The molecule has 0 radical (unpaired) electrons. The van der Waals surface area contributed by atoms with E-state index in [1.54, 1.807) is 25.3 Å². The number of nitrogens with zero attached hydrogens (tertiary/aromatic N) is 1. The summed E-state index contributed by atoms with van der Waals surface area (Å²) in [5.74, 6) is -0.706. The van der Waals surface area contributed by atoms with E-state index in [0.29, 0.717) is 12.3 Å². The third-order valence-electron chi connectivity index (χ3n) is 5.40. The normalized spacial score (nSPS) is 11.6. The Hall–Kier alpha value is -4.39. The summed E-state index contributed by atoms with van der Waals surface area (Å²) in [5.41, 5.74) is 6.15. The zero-order chi connectivity index (χ0) is 24.1. The van der Waals surface area contributed by atoms with Crippen molar-refractivity contribution in [2.75, 3.05) is 0 Å². The highest BCUT2D eigenvalue weighted by Gasteiger charge is 2.18. The van der Waals surface area contributed by atoms with Crippen molar-refractivity contribution in [2.24, 2.45) is 0 Å². The second-order valence-corrected chi connectivity index (χ2v) is 8.06. The summed E-state index contributed by atoms with van der Waals surface area (Å²) < 4.78 is 7.17. The van der Waals surface area contributed by atoms with Crippen molar-refractivity contribution in [1.82, 2.24) is 15.4 Å². The monoisotopic (exact) mass is 455 g/mol. The maximum Gasteiger partial charge on any atom is 0.279 e. The Kier molecular flexibility index (Phi) is 6.73. The van der Waals surface area contributed by atoms with Crippen molar-refractivity contribution < 1.29 is 14.3 Å². The Morgan fingerprint density at radius 2 is 1.71 bits per heavy atom. The molecule has 1 aromatic heterocycles. The third-order valence-corrected chi connectivity index (χ3v) is 5.40. The van der Waals surface area contributed by atoms with Gasteiger partial charge in [-0.25, -0.2) is 0 Å². The van der Waals surface area contributed by atoms with Crippen molar-refractivity contribution in [3.8, 4) is 5.75 Å². The second kappa shape index (κ2) is 10.0. The van der Waals surface area contributed by atoms with E-state index in [9.17, 15) is 14.4 Å². The van der Waals surface area contributed by atoms with Crippen molar-refractivity contribution in [3.63, 3.8) is 0 Å². The molecule has 2 amide bonds. The molecule has 7 nitrogen and oxygen atoms in total. The molecule has 4 rings (SSSR count). The van der Waals surface area contributed by atoms with Crippen LogP contribution in [0.2, 0.25) is 0 Å². The minimum Gasteiger partial charge on any atom is -0.481 e. The summed E-state index contributed by atoms with van der Waals surface area (Å²) in [6.45, 7) is 3.89. The van der Waals surface area contributed by atoms with E-state index in [2.05, 4.69) is 10.9 Å². The summed E-state index contributed by atoms with van der Waals surface area (Å²) in [5, 5.41) is 2.06. The molecule has 0 spiro atoms. The molecule has 1 heterocycles. The van der Waals surface area contributed by atoms with Crippen LogP contribution in [-0.4, -0.2) is 22.5 Å². The predicted molar refractivity (Wildman–Crippen MR) is 131 cm³/mol. The van der Waals surface area contributed by atoms with E-state index < -0.39 is 23.5 Å². The van der Waals surface area contributed by atoms with Gasteiger partial charge in [-0.3, -0.25) is 25.2 Å². The summed E-state index contributed by atoms with van der Waals surface area (Å²) in [4.78, 5) is 37.8. The lowest BCUT2D eigenvalue weighted by atomic mass is 10.1. The highest BCUT2D eigenvalue weighted by Crippen LogP contribution is 2.21. The molecule has 4 aromatic rings. The average molecular weight is 456 g/mol. The van der Waals surface area contributed by atoms with E-state index in [1.807, 2.05) is 67.6 Å². The van der Waals surface area contributed by atoms with Crippen LogP contribution in [-0.2, 0) is 11.3 Å². The van der Waals surface area contributed by atoms with Crippen LogP contribution < -0.4 is 21.1 Å². The van der Waals surface area contributed by atoms with E-state index in [0.717, 1.165) is 21.9 Å². The number of aromatic nitrogens is 1. The lowest BCUT2D eigenvalue weighted by Gasteiger charge is -2.16. The van der Waals surface area contributed by atoms with E-state index >= 15 is 0 Å². The molecular weight excluding hydrogens is 430 g/mol. The van der Waals surface area contributed by atoms with Gasteiger partial charge in [0.1, 0.15) is 11.3 Å².